The first kappa shape index (κ1) is 20.3. The van der Waals surface area contributed by atoms with Gasteiger partial charge >= 0.3 is 0 Å². The molecular formula is C32H24N2. The number of rotatable bonds is 3. The largest absolute Gasteiger partial charge is 0.251 e. The maximum absolute atomic E-state index is 4.93. The molecule has 0 saturated carbocycles. The summed E-state index contributed by atoms with van der Waals surface area (Å²) >= 11 is 0. The molecule has 6 rings (SSSR count). The fraction of sp³-hybridized carbons (Fsp3) is 0.0625. The summed E-state index contributed by atoms with van der Waals surface area (Å²) in [5.74, 6) is 0. The van der Waals surface area contributed by atoms with Crippen molar-refractivity contribution in [3.63, 3.8) is 0 Å². The molecule has 0 aliphatic heterocycles. The van der Waals surface area contributed by atoms with Gasteiger partial charge in [-0.3, -0.25) is 9.97 Å². The van der Waals surface area contributed by atoms with Gasteiger partial charge in [0.15, 0.2) is 0 Å². The van der Waals surface area contributed by atoms with Crippen molar-refractivity contribution in [2.75, 3.05) is 0 Å². The van der Waals surface area contributed by atoms with Crippen LogP contribution in [0.15, 0.2) is 109 Å². The van der Waals surface area contributed by atoms with E-state index in [4.69, 9.17) is 9.97 Å². The monoisotopic (exact) mass is 436 g/mol. The van der Waals surface area contributed by atoms with Crippen LogP contribution in [-0.4, -0.2) is 9.97 Å². The molecule has 0 saturated heterocycles. The van der Waals surface area contributed by atoms with Crippen molar-refractivity contribution in [3.05, 3.63) is 121 Å². The molecule has 6 aromatic rings. The van der Waals surface area contributed by atoms with Crippen LogP contribution in [0.5, 0.6) is 0 Å². The molecule has 0 aliphatic carbocycles. The Balaban J connectivity index is 1.66. The molecule has 0 N–H and O–H groups in total. The molecule has 2 heterocycles. The molecule has 0 spiro atoms. The Bertz CT molecular complexity index is 1590. The van der Waals surface area contributed by atoms with Gasteiger partial charge in [0.05, 0.1) is 11.0 Å². The molecule has 34 heavy (non-hydrogen) atoms. The smallest absolute Gasteiger partial charge is 0.0974 e. The second-order valence-corrected chi connectivity index (χ2v) is 8.83. The topological polar surface area (TPSA) is 25.8 Å². The fourth-order valence-electron chi connectivity index (χ4n) is 4.71. The normalized spacial score (nSPS) is 11.2. The summed E-state index contributed by atoms with van der Waals surface area (Å²) < 4.78 is 0. The molecule has 2 nitrogen and oxygen atoms in total. The molecule has 162 valence electrons. The van der Waals surface area contributed by atoms with E-state index in [1.165, 1.54) is 33.4 Å². The van der Waals surface area contributed by atoms with Crippen LogP contribution in [0.3, 0.4) is 0 Å². The molecule has 0 atom stereocenters. The van der Waals surface area contributed by atoms with E-state index < -0.39 is 0 Å². The van der Waals surface area contributed by atoms with Crippen LogP contribution in [0.25, 0.3) is 55.2 Å². The minimum atomic E-state index is 0.961. The summed E-state index contributed by atoms with van der Waals surface area (Å²) in [6.07, 6.45) is 0. The predicted molar refractivity (Wildman–Crippen MR) is 143 cm³/mol. The fourth-order valence-corrected chi connectivity index (χ4v) is 4.71. The SMILES string of the molecule is Cc1ccc2ccc3c(-c4cc(-c5ccccc5)cc(-c5ccccc5)c4)cc(C)nc3c2n1. The van der Waals surface area contributed by atoms with Gasteiger partial charge < -0.3 is 0 Å². The lowest BCUT2D eigenvalue weighted by Crippen LogP contribution is -1.93. The standard InChI is InChI=1S/C32H24N2/c1-21-13-14-25-15-16-29-30(17-22(2)34-32(29)31(25)33-21)28-19-26(23-9-5-3-6-10-23)18-27(20-28)24-11-7-4-8-12-24/h3-20H,1-2H3. The third-order valence-corrected chi connectivity index (χ3v) is 6.36. The maximum atomic E-state index is 4.93. The van der Waals surface area contributed by atoms with Gasteiger partial charge in [-0.1, -0.05) is 78.9 Å². The molecule has 0 bridgehead atoms. The van der Waals surface area contributed by atoms with Gasteiger partial charge in [-0.25, -0.2) is 0 Å². The van der Waals surface area contributed by atoms with E-state index in [2.05, 4.69) is 116 Å². The van der Waals surface area contributed by atoms with E-state index in [-0.39, 0.29) is 0 Å². The molecule has 2 heteroatoms. The lowest BCUT2D eigenvalue weighted by Gasteiger charge is -2.14. The zero-order valence-electron chi connectivity index (χ0n) is 19.3. The third-order valence-electron chi connectivity index (χ3n) is 6.36. The van der Waals surface area contributed by atoms with Gasteiger partial charge in [0, 0.05) is 22.2 Å². The summed E-state index contributed by atoms with van der Waals surface area (Å²) in [5.41, 5.74) is 11.1. The van der Waals surface area contributed by atoms with Crippen molar-refractivity contribution in [1.29, 1.82) is 0 Å². The summed E-state index contributed by atoms with van der Waals surface area (Å²) in [6, 6.07) is 38.8. The second-order valence-electron chi connectivity index (χ2n) is 8.83. The third kappa shape index (κ3) is 3.64. The molecule has 0 aliphatic rings. The van der Waals surface area contributed by atoms with Crippen LogP contribution in [0.2, 0.25) is 0 Å². The van der Waals surface area contributed by atoms with Crippen LogP contribution < -0.4 is 0 Å². The minimum absolute atomic E-state index is 0.961. The van der Waals surface area contributed by atoms with Crippen molar-refractivity contribution in [1.82, 2.24) is 9.97 Å². The van der Waals surface area contributed by atoms with E-state index in [9.17, 15) is 0 Å². The highest BCUT2D eigenvalue weighted by molar-refractivity contribution is 6.08. The Morgan fingerprint density at radius 2 is 1.00 bits per heavy atom. The zero-order valence-corrected chi connectivity index (χ0v) is 19.3. The summed E-state index contributed by atoms with van der Waals surface area (Å²) in [5, 5.41) is 2.24. The van der Waals surface area contributed by atoms with Crippen molar-refractivity contribution in [2.45, 2.75) is 13.8 Å². The molecule has 0 fully saturated rings. The lowest BCUT2D eigenvalue weighted by atomic mass is 9.91. The van der Waals surface area contributed by atoms with Gasteiger partial charge in [0.25, 0.3) is 0 Å². The quantitative estimate of drug-likeness (QED) is 0.260. The number of aromatic nitrogens is 2. The van der Waals surface area contributed by atoms with E-state index in [0.29, 0.717) is 0 Å². The number of hydrogen-bond acceptors (Lipinski definition) is 2. The van der Waals surface area contributed by atoms with Crippen molar-refractivity contribution < 1.29 is 0 Å². The van der Waals surface area contributed by atoms with Gasteiger partial charge in [0.2, 0.25) is 0 Å². The first-order valence-corrected chi connectivity index (χ1v) is 11.6. The van der Waals surface area contributed by atoms with Crippen molar-refractivity contribution in [2.24, 2.45) is 0 Å². The zero-order chi connectivity index (χ0) is 23.1. The van der Waals surface area contributed by atoms with E-state index in [0.717, 1.165) is 33.2 Å². The van der Waals surface area contributed by atoms with Crippen LogP contribution in [0.4, 0.5) is 0 Å². The Labute approximate surface area is 199 Å². The predicted octanol–water partition coefficient (Wildman–Crippen LogP) is 8.40. The summed E-state index contributed by atoms with van der Waals surface area (Å²) in [4.78, 5) is 9.78. The Morgan fingerprint density at radius 1 is 0.441 bits per heavy atom. The molecule has 0 unspecified atom stereocenters. The van der Waals surface area contributed by atoms with Gasteiger partial charge in [-0.2, -0.15) is 0 Å². The van der Waals surface area contributed by atoms with Crippen molar-refractivity contribution >= 4 is 21.8 Å². The van der Waals surface area contributed by atoms with Crippen LogP contribution >= 0.6 is 0 Å². The molecule has 4 aromatic carbocycles. The first-order valence-electron chi connectivity index (χ1n) is 11.6. The highest BCUT2D eigenvalue weighted by Gasteiger charge is 2.13. The van der Waals surface area contributed by atoms with E-state index >= 15 is 0 Å². The number of hydrogen-bond donors (Lipinski definition) is 0. The Kier molecular flexibility index (Phi) is 4.92. The number of aryl methyl sites for hydroxylation is 2. The average molecular weight is 437 g/mol. The highest BCUT2D eigenvalue weighted by atomic mass is 14.8. The summed E-state index contributed by atoms with van der Waals surface area (Å²) in [6.45, 7) is 4.10. The van der Waals surface area contributed by atoms with E-state index in [1.54, 1.807) is 0 Å². The highest BCUT2D eigenvalue weighted by Crippen LogP contribution is 2.37. The summed E-state index contributed by atoms with van der Waals surface area (Å²) in [7, 11) is 0. The second kappa shape index (κ2) is 8.24. The van der Waals surface area contributed by atoms with E-state index in [1.807, 2.05) is 6.92 Å². The van der Waals surface area contributed by atoms with Gasteiger partial charge in [0.1, 0.15) is 0 Å². The van der Waals surface area contributed by atoms with Crippen LogP contribution in [0, 0.1) is 13.8 Å². The van der Waals surface area contributed by atoms with Crippen LogP contribution in [-0.2, 0) is 0 Å². The Morgan fingerprint density at radius 3 is 1.65 bits per heavy atom. The van der Waals surface area contributed by atoms with Gasteiger partial charge in [-0.05, 0) is 77.6 Å². The Hall–Kier alpha value is -4.30. The van der Waals surface area contributed by atoms with Crippen molar-refractivity contribution in [3.8, 4) is 33.4 Å². The molecular weight excluding hydrogens is 412 g/mol. The number of pyridine rings is 2. The van der Waals surface area contributed by atoms with Gasteiger partial charge in [-0.15, -0.1) is 0 Å². The first-order chi connectivity index (χ1) is 16.7. The average Bonchev–Trinajstić information content (AvgIpc) is 2.89. The minimum Gasteiger partial charge on any atom is -0.251 e. The van der Waals surface area contributed by atoms with Crippen LogP contribution in [0.1, 0.15) is 11.4 Å². The maximum Gasteiger partial charge on any atom is 0.0974 e. The number of nitrogens with zero attached hydrogens (tertiary/aromatic N) is 2. The number of fused-ring (bicyclic) bond motifs is 3. The molecule has 0 amide bonds. The molecule has 0 radical (unpaired) electrons. The number of benzene rings is 4. The lowest BCUT2D eigenvalue weighted by molar-refractivity contribution is 1.23. The molecule has 2 aromatic heterocycles.